The number of fused-ring (bicyclic) bond motifs is 1. The van der Waals surface area contributed by atoms with Gasteiger partial charge in [-0.2, -0.15) is 0 Å². The molecule has 2 aromatic rings. The van der Waals surface area contributed by atoms with Crippen LogP contribution in [0.3, 0.4) is 0 Å². The highest BCUT2D eigenvalue weighted by molar-refractivity contribution is 7.11. The number of nitrogens with zero attached hydrogens (tertiary/aromatic N) is 1. The fraction of sp³-hybridized carbons (Fsp3) is 0.190. The Morgan fingerprint density at radius 1 is 1.25 bits per heavy atom. The van der Waals surface area contributed by atoms with E-state index in [1.54, 1.807) is 0 Å². The molecule has 1 aliphatic carbocycles. The van der Waals surface area contributed by atoms with Crippen LogP contribution in [-0.2, 0) is 6.42 Å². The molecule has 0 saturated carbocycles. The first-order valence-electron chi connectivity index (χ1n) is 8.22. The number of thiophene rings is 1. The molecule has 0 saturated heterocycles. The molecule has 24 heavy (non-hydrogen) atoms. The number of aryl methyl sites for hydroxylation is 1. The topological polar surface area (TPSA) is 24.4 Å². The minimum Gasteiger partial charge on any atom is -0.388 e. The van der Waals surface area contributed by atoms with E-state index >= 15 is 0 Å². The van der Waals surface area contributed by atoms with Gasteiger partial charge in [0.05, 0.1) is 5.71 Å². The lowest BCUT2D eigenvalue weighted by atomic mass is 9.85. The molecule has 2 heterocycles. The van der Waals surface area contributed by atoms with Crippen molar-refractivity contribution in [1.82, 2.24) is 0 Å². The van der Waals surface area contributed by atoms with Crippen LogP contribution >= 0.6 is 11.3 Å². The number of benzene rings is 1. The maximum Gasteiger partial charge on any atom is 0.0552 e. The summed E-state index contributed by atoms with van der Waals surface area (Å²) in [6, 6.07) is 10.8. The van der Waals surface area contributed by atoms with E-state index in [1.165, 1.54) is 32.9 Å². The van der Waals surface area contributed by atoms with Gasteiger partial charge in [-0.05, 0) is 53.6 Å². The Bertz CT molecular complexity index is 896. The van der Waals surface area contributed by atoms with Gasteiger partial charge in [0.15, 0.2) is 0 Å². The van der Waals surface area contributed by atoms with Gasteiger partial charge in [0.25, 0.3) is 0 Å². The smallest absolute Gasteiger partial charge is 0.0552 e. The van der Waals surface area contributed by atoms with Gasteiger partial charge < -0.3 is 5.32 Å². The van der Waals surface area contributed by atoms with Crippen molar-refractivity contribution in [1.29, 1.82) is 0 Å². The van der Waals surface area contributed by atoms with Crippen molar-refractivity contribution < 1.29 is 0 Å². The first-order valence-corrected chi connectivity index (χ1v) is 9.10. The maximum absolute atomic E-state index is 4.77. The molecule has 1 aromatic heterocycles. The zero-order valence-corrected chi connectivity index (χ0v) is 14.7. The van der Waals surface area contributed by atoms with Crippen LogP contribution in [0.4, 0.5) is 5.69 Å². The largest absolute Gasteiger partial charge is 0.388 e. The molecule has 0 amide bonds. The summed E-state index contributed by atoms with van der Waals surface area (Å²) in [6.07, 6.45) is 9.62. The molecule has 1 atom stereocenters. The van der Waals surface area contributed by atoms with Gasteiger partial charge in [0.1, 0.15) is 0 Å². The van der Waals surface area contributed by atoms with Crippen molar-refractivity contribution >= 4 is 28.3 Å². The fourth-order valence-electron chi connectivity index (χ4n) is 3.30. The Labute approximate surface area is 147 Å². The molecule has 1 aromatic carbocycles. The van der Waals surface area contributed by atoms with Crippen LogP contribution in [0, 0.1) is 12.8 Å². The highest BCUT2D eigenvalue weighted by atomic mass is 32.1. The predicted octanol–water partition coefficient (Wildman–Crippen LogP) is 5.25. The highest BCUT2D eigenvalue weighted by Crippen LogP contribution is 2.38. The summed E-state index contributed by atoms with van der Waals surface area (Å²) in [7, 11) is 1.96. The van der Waals surface area contributed by atoms with E-state index in [4.69, 9.17) is 4.99 Å². The molecular formula is C21H20N2S. The third-order valence-electron chi connectivity index (χ3n) is 4.53. The van der Waals surface area contributed by atoms with E-state index in [9.17, 15) is 0 Å². The van der Waals surface area contributed by atoms with Gasteiger partial charge in [0, 0.05) is 35.3 Å². The Kier molecular flexibility index (Phi) is 3.95. The summed E-state index contributed by atoms with van der Waals surface area (Å²) in [5.74, 6) is 0.301. The number of nitrogens with one attached hydrogen (secondary N) is 1. The monoisotopic (exact) mass is 332 g/mol. The molecule has 2 aliphatic rings. The van der Waals surface area contributed by atoms with Gasteiger partial charge in [-0.15, -0.1) is 11.3 Å². The Balaban J connectivity index is 1.57. The van der Waals surface area contributed by atoms with Crippen LogP contribution in [0.15, 0.2) is 70.7 Å². The van der Waals surface area contributed by atoms with Gasteiger partial charge in [-0.3, -0.25) is 4.99 Å². The van der Waals surface area contributed by atoms with E-state index in [1.807, 2.05) is 18.4 Å². The van der Waals surface area contributed by atoms with Crippen LogP contribution in [0.5, 0.6) is 0 Å². The lowest BCUT2D eigenvalue weighted by Gasteiger charge is -2.19. The van der Waals surface area contributed by atoms with Crippen molar-refractivity contribution in [2.75, 3.05) is 12.4 Å². The molecule has 0 radical (unpaired) electrons. The lowest BCUT2D eigenvalue weighted by Crippen LogP contribution is -2.17. The van der Waals surface area contributed by atoms with Crippen molar-refractivity contribution in [3.8, 4) is 0 Å². The average molecular weight is 332 g/mol. The number of hydrogen-bond acceptors (Lipinski definition) is 3. The van der Waals surface area contributed by atoms with Crippen molar-refractivity contribution in [3.63, 3.8) is 0 Å². The van der Waals surface area contributed by atoms with Crippen LogP contribution in [0.1, 0.15) is 16.0 Å². The molecule has 2 nitrogen and oxygen atoms in total. The van der Waals surface area contributed by atoms with Crippen molar-refractivity contribution in [2.24, 2.45) is 10.9 Å². The summed E-state index contributed by atoms with van der Waals surface area (Å²) >= 11 is 1.81. The maximum atomic E-state index is 4.77. The number of rotatable bonds is 4. The summed E-state index contributed by atoms with van der Waals surface area (Å²) in [6.45, 7) is 2.15. The molecule has 3 heteroatoms. The van der Waals surface area contributed by atoms with E-state index in [-0.39, 0.29) is 0 Å². The summed E-state index contributed by atoms with van der Waals surface area (Å²) < 4.78 is 0. The molecule has 0 bridgehead atoms. The Morgan fingerprint density at radius 2 is 2.17 bits per heavy atom. The predicted molar refractivity (Wildman–Crippen MR) is 105 cm³/mol. The SMILES string of the molecule is CNc1cccc(CC2=CC=CC3C(c4cc(C)cs4)=CN=C23)c1. The van der Waals surface area contributed by atoms with Gasteiger partial charge in [0.2, 0.25) is 0 Å². The molecule has 0 spiro atoms. The third kappa shape index (κ3) is 2.76. The summed E-state index contributed by atoms with van der Waals surface area (Å²) in [5, 5.41) is 5.42. The van der Waals surface area contributed by atoms with Crippen LogP contribution in [-0.4, -0.2) is 12.8 Å². The van der Waals surface area contributed by atoms with E-state index < -0.39 is 0 Å². The summed E-state index contributed by atoms with van der Waals surface area (Å²) in [4.78, 5) is 6.10. The second-order valence-corrected chi connectivity index (χ2v) is 7.18. The second-order valence-electron chi connectivity index (χ2n) is 6.27. The lowest BCUT2D eigenvalue weighted by molar-refractivity contribution is 1.11. The first kappa shape index (κ1) is 15.2. The Morgan fingerprint density at radius 3 is 2.96 bits per heavy atom. The molecular weight excluding hydrogens is 312 g/mol. The zero-order chi connectivity index (χ0) is 16.5. The second kappa shape index (κ2) is 6.25. The van der Waals surface area contributed by atoms with Gasteiger partial charge in [-0.25, -0.2) is 0 Å². The number of allylic oxidation sites excluding steroid dienone is 5. The average Bonchev–Trinajstić information content (AvgIpc) is 3.21. The number of aliphatic imine (C=N–C) groups is 1. The highest BCUT2D eigenvalue weighted by Gasteiger charge is 2.28. The van der Waals surface area contributed by atoms with E-state index in [0.717, 1.165) is 12.1 Å². The molecule has 4 rings (SSSR count). The van der Waals surface area contributed by atoms with Crippen molar-refractivity contribution in [2.45, 2.75) is 13.3 Å². The van der Waals surface area contributed by atoms with E-state index in [0.29, 0.717) is 5.92 Å². The molecule has 1 unspecified atom stereocenters. The third-order valence-corrected chi connectivity index (χ3v) is 5.62. The molecule has 120 valence electrons. The molecule has 0 fully saturated rings. The molecule has 1 N–H and O–H groups in total. The van der Waals surface area contributed by atoms with E-state index in [2.05, 4.69) is 72.4 Å². The first-order chi connectivity index (χ1) is 11.7. The zero-order valence-electron chi connectivity index (χ0n) is 13.9. The quantitative estimate of drug-likeness (QED) is 0.812. The van der Waals surface area contributed by atoms with Gasteiger partial charge in [-0.1, -0.05) is 30.4 Å². The van der Waals surface area contributed by atoms with Crippen LogP contribution < -0.4 is 5.32 Å². The Hall–Kier alpha value is -2.39. The van der Waals surface area contributed by atoms with Crippen LogP contribution in [0.2, 0.25) is 0 Å². The van der Waals surface area contributed by atoms with Crippen molar-refractivity contribution in [3.05, 3.63) is 81.7 Å². The summed E-state index contributed by atoms with van der Waals surface area (Å²) in [5.41, 5.74) is 7.63. The number of anilines is 1. The van der Waals surface area contributed by atoms with Crippen LogP contribution in [0.25, 0.3) is 5.57 Å². The standard InChI is InChI=1S/C21H20N2S/c1-14-9-20(24-13-14)19-12-23-21-16(6-4-8-18(19)21)10-15-5-3-7-17(11-15)22-2/h3-9,11-13,18,22H,10H2,1-2H3. The minimum absolute atomic E-state index is 0.301. The molecule has 1 aliphatic heterocycles. The fourth-order valence-corrected chi connectivity index (χ4v) is 4.25. The number of hydrogen-bond donors (Lipinski definition) is 1. The van der Waals surface area contributed by atoms with Gasteiger partial charge >= 0.3 is 0 Å². The normalized spacial score (nSPS) is 18.8. The minimum atomic E-state index is 0.301.